The second-order valence-electron chi connectivity index (χ2n) is 4.89. The molecule has 0 aliphatic carbocycles. The van der Waals surface area contributed by atoms with Crippen LogP contribution in [0.15, 0.2) is 0 Å². The average Bonchev–Trinajstić information content (AvgIpc) is 2.29. The zero-order chi connectivity index (χ0) is 11.1. The predicted molar refractivity (Wildman–Crippen MR) is 67.2 cm³/mol. The molecule has 1 rings (SSSR count). The van der Waals surface area contributed by atoms with Crippen molar-refractivity contribution < 1.29 is 0 Å². The van der Waals surface area contributed by atoms with Crippen molar-refractivity contribution in [2.45, 2.75) is 52.0 Å². The fourth-order valence-corrected chi connectivity index (χ4v) is 2.71. The van der Waals surface area contributed by atoms with Gasteiger partial charge in [-0.25, -0.2) is 0 Å². The quantitative estimate of drug-likeness (QED) is 0.728. The van der Waals surface area contributed by atoms with Gasteiger partial charge in [0.05, 0.1) is 0 Å². The first-order valence-corrected chi connectivity index (χ1v) is 6.70. The van der Waals surface area contributed by atoms with Crippen molar-refractivity contribution in [2.75, 3.05) is 26.7 Å². The normalized spacial score (nSPS) is 21.8. The van der Waals surface area contributed by atoms with E-state index in [9.17, 15) is 0 Å². The first-order chi connectivity index (χ1) is 7.31. The van der Waals surface area contributed by atoms with Gasteiger partial charge in [0.25, 0.3) is 0 Å². The summed E-state index contributed by atoms with van der Waals surface area (Å²) in [7, 11) is 2.07. The van der Waals surface area contributed by atoms with E-state index in [4.69, 9.17) is 0 Å². The molecule has 0 amide bonds. The van der Waals surface area contributed by atoms with Crippen LogP contribution in [0.3, 0.4) is 0 Å². The smallest absolute Gasteiger partial charge is 0.0220 e. The molecule has 1 fully saturated rings. The molecule has 1 saturated heterocycles. The Morgan fingerprint density at radius 1 is 1.27 bits per heavy atom. The molecule has 0 aromatic heterocycles. The van der Waals surface area contributed by atoms with E-state index in [1.165, 1.54) is 45.2 Å². The Balaban J connectivity index is 2.34. The second kappa shape index (κ2) is 7.24. The van der Waals surface area contributed by atoms with Gasteiger partial charge in [-0.1, -0.05) is 26.7 Å². The summed E-state index contributed by atoms with van der Waals surface area (Å²) < 4.78 is 0. The molecule has 1 aliphatic heterocycles. The topological polar surface area (TPSA) is 15.3 Å². The minimum atomic E-state index is 0.776. The Morgan fingerprint density at radius 2 is 1.93 bits per heavy atom. The van der Waals surface area contributed by atoms with Gasteiger partial charge in [-0.3, -0.25) is 4.90 Å². The summed E-state index contributed by atoms with van der Waals surface area (Å²) in [6.07, 6.45) is 6.86. The molecule has 2 heteroatoms. The minimum Gasteiger partial charge on any atom is -0.318 e. The van der Waals surface area contributed by atoms with Crippen LogP contribution in [-0.4, -0.2) is 37.6 Å². The van der Waals surface area contributed by atoms with Crippen LogP contribution in [0.4, 0.5) is 0 Å². The highest BCUT2D eigenvalue weighted by molar-refractivity contribution is 4.79. The van der Waals surface area contributed by atoms with Crippen LogP contribution in [-0.2, 0) is 0 Å². The van der Waals surface area contributed by atoms with E-state index in [2.05, 4.69) is 31.1 Å². The lowest BCUT2D eigenvalue weighted by Gasteiger charge is -2.37. The van der Waals surface area contributed by atoms with Gasteiger partial charge in [0.15, 0.2) is 0 Å². The van der Waals surface area contributed by atoms with E-state index < -0.39 is 0 Å². The van der Waals surface area contributed by atoms with Crippen LogP contribution in [0.1, 0.15) is 46.0 Å². The van der Waals surface area contributed by atoms with Crippen LogP contribution in [0.5, 0.6) is 0 Å². The zero-order valence-corrected chi connectivity index (χ0v) is 10.8. The van der Waals surface area contributed by atoms with E-state index in [0.717, 1.165) is 18.5 Å². The van der Waals surface area contributed by atoms with Gasteiger partial charge in [0.2, 0.25) is 0 Å². The summed E-state index contributed by atoms with van der Waals surface area (Å²) in [5.41, 5.74) is 0. The molecular formula is C13H28N2. The van der Waals surface area contributed by atoms with E-state index in [-0.39, 0.29) is 0 Å². The standard InChI is InChI=1S/C13H28N2/c1-4-6-13(11-14-3)15-9-7-12(5-2)8-10-15/h12-14H,4-11H2,1-3H3. The van der Waals surface area contributed by atoms with Gasteiger partial charge in [-0.15, -0.1) is 0 Å². The third-order valence-corrected chi connectivity index (χ3v) is 3.80. The molecule has 1 N–H and O–H groups in total. The van der Waals surface area contributed by atoms with Crippen LogP contribution in [0.25, 0.3) is 0 Å². The molecule has 1 heterocycles. The molecule has 90 valence electrons. The molecule has 0 aromatic rings. The highest BCUT2D eigenvalue weighted by Crippen LogP contribution is 2.22. The van der Waals surface area contributed by atoms with Crippen molar-refractivity contribution in [1.29, 1.82) is 0 Å². The number of hydrogen-bond donors (Lipinski definition) is 1. The van der Waals surface area contributed by atoms with Gasteiger partial charge in [0.1, 0.15) is 0 Å². The maximum Gasteiger partial charge on any atom is 0.0220 e. The van der Waals surface area contributed by atoms with E-state index in [0.29, 0.717) is 0 Å². The van der Waals surface area contributed by atoms with Gasteiger partial charge in [0, 0.05) is 12.6 Å². The first kappa shape index (κ1) is 13.0. The number of likely N-dealkylation sites (N-methyl/N-ethyl adjacent to an activating group) is 1. The Kier molecular flexibility index (Phi) is 6.26. The largest absolute Gasteiger partial charge is 0.318 e. The van der Waals surface area contributed by atoms with Gasteiger partial charge in [-0.05, 0) is 45.3 Å². The van der Waals surface area contributed by atoms with Crippen molar-refractivity contribution in [1.82, 2.24) is 10.2 Å². The van der Waals surface area contributed by atoms with Gasteiger partial charge >= 0.3 is 0 Å². The third kappa shape index (κ3) is 4.12. The summed E-state index contributed by atoms with van der Waals surface area (Å²) in [6, 6.07) is 0.776. The van der Waals surface area contributed by atoms with Crippen LogP contribution >= 0.6 is 0 Å². The number of piperidine rings is 1. The molecule has 1 unspecified atom stereocenters. The lowest BCUT2D eigenvalue weighted by atomic mass is 9.93. The maximum absolute atomic E-state index is 3.33. The van der Waals surface area contributed by atoms with Gasteiger partial charge < -0.3 is 5.32 Å². The summed E-state index contributed by atoms with van der Waals surface area (Å²) in [6.45, 7) is 8.43. The van der Waals surface area contributed by atoms with Crippen molar-refractivity contribution in [3.63, 3.8) is 0 Å². The molecule has 0 radical (unpaired) electrons. The number of nitrogens with one attached hydrogen (secondary N) is 1. The minimum absolute atomic E-state index is 0.776. The molecule has 0 aromatic carbocycles. The Hall–Kier alpha value is -0.0800. The Labute approximate surface area is 95.4 Å². The molecule has 1 aliphatic rings. The lowest BCUT2D eigenvalue weighted by molar-refractivity contribution is 0.123. The number of nitrogens with zero attached hydrogens (tertiary/aromatic N) is 1. The molecular weight excluding hydrogens is 184 g/mol. The lowest BCUT2D eigenvalue weighted by Crippen LogP contribution is -2.45. The average molecular weight is 212 g/mol. The number of rotatable bonds is 6. The van der Waals surface area contributed by atoms with E-state index >= 15 is 0 Å². The summed E-state index contributed by atoms with van der Waals surface area (Å²) in [5, 5.41) is 3.33. The third-order valence-electron chi connectivity index (χ3n) is 3.80. The Morgan fingerprint density at radius 3 is 2.40 bits per heavy atom. The molecule has 0 bridgehead atoms. The van der Waals surface area contributed by atoms with E-state index in [1.807, 2.05) is 0 Å². The van der Waals surface area contributed by atoms with Gasteiger partial charge in [-0.2, -0.15) is 0 Å². The molecule has 15 heavy (non-hydrogen) atoms. The van der Waals surface area contributed by atoms with Crippen molar-refractivity contribution in [3.8, 4) is 0 Å². The first-order valence-electron chi connectivity index (χ1n) is 6.70. The summed E-state index contributed by atoms with van der Waals surface area (Å²) in [4.78, 5) is 2.70. The fourth-order valence-electron chi connectivity index (χ4n) is 2.71. The molecule has 0 saturated carbocycles. The van der Waals surface area contributed by atoms with Crippen molar-refractivity contribution >= 4 is 0 Å². The second-order valence-corrected chi connectivity index (χ2v) is 4.89. The SMILES string of the molecule is CCCC(CNC)N1CCC(CC)CC1. The molecule has 2 nitrogen and oxygen atoms in total. The maximum atomic E-state index is 3.33. The molecule has 0 spiro atoms. The van der Waals surface area contributed by atoms with Crippen molar-refractivity contribution in [2.24, 2.45) is 5.92 Å². The fraction of sp³-hybridized carbons (Fsp3) is 1.00. The van der Waals surface area contributed by atoms with Crippen LogP contribution < -0.4 is 5.32 Å². The predicted octanol–water partition coefficient (Wildman–Crippen LogP) is 2.50. The van der Waals surface area contributed by atoms with Crippen molar-refractivity contribution in [3.05, 3.63) is 0 Å². The van der Waals surface area contributed by atoms with Crippen LogP contribution in [0, 0.1) is 5.92 Å². The summed E-state index contributed by atoms with van der Waals surface area (Å²) in [5.74, 6) is 0.998. The van der Waals surface area contributed by atoms with E-state index in [1.54, 1.807) is 0 Å². The number of hydrogen-bond acceptors (Lipinski definition) is 2. The zero-order valence-electron chi connectivity index (χ0n) is 10.8. The van der Waals surface area contributed by atoms with Crippen LogP contribution in [0.2, 0.25) is 0 Å². The number of likely N-dealkylation sites (tertiary alicyclic amines) is 1. The summed E-state index contributed by atoms with van der Waals surface area (Å²) >= 11 is 0. The highest BCUT2D eigenvalue weighted by atomic mass is 15.2. The molecule has 1 atom stereocenters. The highest BCUT2D eigenvalue weighted by Gasteiger charge is 2.23. The monoisotopic (exact) mass is 212 g/mol. The Bertz CT molecular complexity index is 145.